The van der Waals surface area contributed by atoms with Gasteiger partial charge in [0.05, 0.1) is 10.7 Å². The average Bonchev–Trinajstić information content (AvgIpc) is 2.94. The van der Waals surface area contributed by atoms with Gasteiger partial charge >= 0.3 is 0 Å². The Hall–Kier alpha value is -2.39. The number of fused-ring (bicyclic) bond motifs is 2. The Labute approximate surface area is 138 Å². The summed E-state index contributed by atoms with van der Waals surface area (Å²) in [5, 5.41) is 0.537. The Balaban J connectivity index is 1.88. The number of halogens is 1. The summed E-state index contributed by atoms with van der Waals surface area (Å²) in [6, 6.07) is 11.9. The lowest BCUT2D eigenvalue weighted by molar-refractivity contribution is 0.971. The number of nitrogens with zero attached hydrogens (tertiary/aromatic N) is 2. The third-order valence-corrected chi connectivity index (χ3v) is 4.47. The topological polar surface area (TPSA) is 34.4 Å². The van der Waals surface area contributed by atoms with Gasteiger partial charge in [0.1, 0.15) is 5.65 Å². The van der Waals surface area contributed by atoms with Crippen molar-refractivity contribution in [3.05, 3.63) is 80.4 Å². The summed E-state index contributed by atoms with van der Waals surface area (Å²) in [6.45, 7) is 2.07. The predicted molar refractivity (Wildman–Crippen MR) is 93.8 cm³/mol. The van der Waals surface area contributed by atoms with Crippen LogP contribution in [0.1, 0.15) is 28.8 Å². The maximum Gasteiger partial charge on any atom is 0.261 e. The van der Waals surface area contributed by atoms with Crippen LogP contribution in [-0.2, 0) is 6.42 Å². The van der Waals surface area contributed by atoms with Gasteiger partial charge in [0, 0.05) is 11.8 Å². The van der Waals surface area contributed by atoms with E-state index in [2.05, 4.69) is 42.2 Å². The molecule has 0 saturated carbocycles. The lowest BCUT2D eigenvalue weighted by atomic mass is 10.1. The van der Waals surface area contributed by atoms with Gasteiger partial charge in [-0.1, -0.05) is 41.4 Å². The third-order valence-electron chi connectivity index (χ3n) is 4.25. The number of hydrogen-bond donors (Lipinski definition) is 0. The molecule has 0 unspecified atom stereocenters. The molecule has 23 heavy (non-hydrogen) atoms. The van der Waals surface area contributed by atoms with Gasteiger partial charge in [-0.15, -0.1) is 0 Å². The van der Waals surface area contributed by atoms with Gasteiger partial charge in [-0.05, 0) is 49.1 Å². The number of benzene rings is 1. The van der Waals surface area contributed by atoms with Crippen LogP contribution in [-0.4, -0.2) is 9.38 Å². The maximum absolute atomic E-state index is 12.7. The normalized spacial score (nSPS) is 15.3. The van der Waals surface area contributed by atoms with Crippen LogP contribution in [0.25, 0.3) is 17.3 Å². The smallest absolute Gasteiger partial charge is 0.261 e. The Kier molecular flexibility index (Phi) is 3.31. The zero-order valence-electron chi connectivity index (χ0n) is 12.7. The summed E-state index contributed by atoms with van der Waals surface area (Å²) in [7, 11) is 0. The molecular formula is C19H15ClN2O. The maximum atomic E-state index is 12.7. The molecule has 0 aliphatic heterocycles. The molecule has 1 aliphatic carbocycles. The molecule has 114 valence electrons. The van der Waals surface area contributed by atoms with E-state index < -0.39 is 0 Å². The summed E-state index contributed by atoms with van der Waals surface area (Å²) >= 11 is 5.99. The summed E-state index contributed by atoms with van der Waals surface area (Å²) in [4.78, 5) is 17.3. The minimum Gasteiger partial charge on any atom is -0.269 e. The van der Waals surface area contributed by atoms with Crippen molar-refractivity contribution in [1.82, 2.24) is 9.38 Å². The summed E-state index contributed by atoms with van der Waals surface area (Å²) in [6.07, 6.45) is 5.34. The van der Waals surface area contributed by atoms with E-state index in [-0.39, 0.29) is 5.56 Å². The number of allylic oxidation sites excluding steroid dienone is 1. The Morgan fingerprint density at radius 1 is 1.13 bits per heavy atom. The number of rotatable bonds is 1. The highest BCUT2D eigenvalue weighted by atomic mass is 35.5. The molecule has 0 spiro atoms. The van der Waals surface area contributed by atoms with E-state index in [9.17, 15) is 4.79 Å². The second-order valence-electron chi connectivity index (χ2n) is 5.90. The van der Waals surface area contributed by atoms with E-state index in [1.54, 1.807) is 18.3 Å². The SMILES string of the molecule is Cc1ccc(/C=C2/CCc3c2nc2ccc(Cl)cn2c3=O)cc1. The molecule has 1 aliphatic rings. The molecule has 0 saturated heterocycles. The van der Waals surface area contributed by atoms with E-state index in [4.69, 9.17) is 11.6 Å². The molecule has 3 aromatic rings. The van der Waals surface area contributed by atoms with Gasteiger partial charge in [-0.2, -0.15) is 0 Å². The lowest BCUT2D eigenvalue weighted by Crippen LogP contribution is -2.19. The van der Waals surface area contributed by atoms with Crippen molar-refractivity contribution < 1.29 is 0 Å². The van der Waals surface area contributed by atoms with Crippen LogP contribution in [0.2, 0.25) is 5.02 Å². The van der Waals surface area contributed by atoms with E-state index in [1.165, 1.54) is 9.96 Å². The first-order chi connectivity index (χ1) is 11.1. The molecule has 0 atom stereocenters. The van der Waals surface area contributed by atoms with Crippen molar-refractivity contribution >= 4 is 28.9 Å². The van der Waals surface area contributed by atoms with Crippen LogP contribution < -0.4 is 5.56 Å². The highest BCUT2D eigenvalue weighted by Gasteiger charge is 2.22. The fraction of sp³-hybridized carbons (Fsp3) is 0.158. The van der Waals surface area contributed by atoms with Crippen molar-refractivity contribution in [1.29, 1.82) is 0 Å². The molecule has 1 aromatic carbocycles. The van der Waals surface area contributed by atoms with Crippen molar-refractivity contribution in [3.63, 3.8) is 0 Å². The van der Waals surface area contributed by atoms with E-state index in [0.29, 0.717) is 10.7 Å². The van der Waals surface area contributed by atoms with E-state index in [1.807, 2.05) is 0 Å². The van der Waals surface area contributed by atoms with Crippen molar-refractivity contribution in [3.8, 4) is 0 Å². The van der Waals surface area contributed by atoms with E-state index >= 15 is 0 Å². The highest BCUT2D eigenvalue weighted by Crippen LogP contribution is 2.30. The van der Waals surface area contributed by atoms with Crippen LogP contribution in [0.5, 0.6) is 0 Å². The van der Waals surface area contributed by atoms with Crippen LogP contribution in [0.4, 0.5) is 0 Å². The zero-order valence-corrected chi connectivity index (χ0v) is 13.5. The minimum absolute atomic E-state index is 0.0141. The highest BCUT2D eigenvalue weighted by molar-refractivity contribution is 6.30. The first kappa shape index (κ1) is 14.2. The van der Waals surface area contributed by atoms with Crippen LogP contribution >= 0.6 is 11.6 Å². The molecule has 0 amide bonds. The fourth-order valence-corrected chi connectivity index (χ4v) is 3.18. The molecule has 2 heterocycles. The standard InChI is InChI=1S/C19H15ClN2O/c1-12-2-4-13(5-3-12)10-14-6-8-16-18(14)21-17-9-7-15(20)11-22(17)19(16)23/h2-5,7,9-11H,6,8H2,1H3/b14-10-. The van der Waals surface area contributed by atoms with Crippen LogP contribution in [0.15, 0.2) is 47.4 Å². The Bertz CT molecular complexity index is 1000. The van der Waals surface area contributed by atoms with Gasteiger partial charge in [-0.25, -0.2) is 4.98 Å². The quantitative estimate of drug-likeness (QED) is 0.674. The van der Waals surface area contributed by atoms with Gasteiger partial charge in [0.2, 0.25) is 0 Å². The Morgan fingerprint density at radius 3 is 2.70 bits per heavy atom. The molecule has 0 radical (unpaired) electrons. The molecule has 3 nitrogen and oxygen atoms in total. The van der Waals surface area contributed by atoms with Crippen molar-refractivity contribution in [2.24, 2.45) is 0 Å². The number of aryl methyl sites for hydroxylation is 1. The molecule has 2 aromatic heterocycles. The van der Waals surface area contributed by atoms with Crippen molar-refractivity contribution in [2.75, 3.05) is 0 Å². The minimum atomic E-state index is -0.0141. The molecule has 0 fully saturated rings. The largest absolute Gasteiger partial charge is 0.269 e. The summed E-state index contributed by atoms with van der Waals surface area (Å²) in [5.74, 6) is 0. The molecular weight excluding hydrogens is 308 g/mol. The summed E-state index contributed by atoms with van der Waals surface area (Å²) < 4.78 is 1.54. The average molecular weight is 323 g/mol. The summed E-state index contributed by atoms with van der Waals surface area (Å²) in [5.41, 5.74) is 5.73. The van der Waals surface area contributed by atoms with Crippen LogP contribution in [0, 0.1) is 6.92 Å². The van der Waals surface area contributed by atoms with Crippen LogP contribution in [0.3, 0.4) is 0 Å². The van der Waals surface area contributed by atoms with Gasteiger partial charge in [-0.3, -0.25) is 9.20 Å². The predicted octanol–water partition coefficient (Wildman–Crippen LogP) is 4.14. The zero-order chi connectivity index (χ0) is 16.0. The van der Waals surface area contributed by atoms with E-state index in [0.717, 1.165) is 35.2 Å². The fourth-order valence-electron chi connectivity index (χ4n) is 3.02. The number of hydrogen-bond acceptors (Lipinski definition) is 2. The van der Waals surface area contributed by atoms with Gasteiger partial charge in [0.15, 0.2) is 0 Å². The third kappa shape index (κ3) is 2.47. The first-order valence-electron chi connectivity index (χ1n) is 7.60. The Morgan fingerprint density at radius 2 is 1.91 bits per heavy atom. The first-order valence-corrected chi connectivity index (χ1v) is 7.98. The number of pyridine rings is 1. The van der Waals surface area contributed by atoms with Crippen molar-refractivity contribution in [2.45, 2.75) is 19.8 Å². The molecule has 0 bridgehead atoms. The monoisotopic (exact) mass is 322 g/mol. The molecule has 4 rings (SSSR count). The molecule has 0 N–H and O–H groups in total. The molecule has 4 heteroatoms. The van der Waals surface area contributed by atoms with Gasteiger partial charge in [0.25, 0.3) is 5.56 Å². The second-order valence-corrected chi connectivity index (χ2v) is 6.34. The lowest BCUT2D eigenvalue weighted by Gasteiger charge is -2.05. The second kappa shape index (κ2) is 5.36. The number of aromatic nitrogens is 2. The van der Waals surface area contributed by atoms with Gasteiger partial charge < -0.3 is 0 Å².